The average Bonchev–Trinajstić information content (AvgIpc) is 2.66. The predicted molar refractivity (Wildman–Crippen MR) is 108 cm³/mol. The molecule has 2 amide bonds. The summed E-state index contributed by atoms with van der Waals surface area (Å²) in [4.78, 5) is 34.1. The van der Waals surface area contributed by atoms with E-state index in [1.165, 1.54) is 11.1 Å². The van der Waals surface area contributed by atoms with Crippen LogP contribution in [0, 0.1) is 6.92 Å². The van der Waals surface area contributed by atoms with Crippen molar-refractivity contribution < 1.29 is 19.5 Å². The number of carboxylic acids is 1. The summed E-state index contributed by atoms with van der Waals surface area (Å²) in [7, 11) is 0. The fourth-order valence-electron chi connectivity index (χ4n) is 2.72. The highest BCUT2D eigenvalue weighted by Crippen LogP contribution is 2.12. The van der Waals surface area contributed by atoms with Crippen LogP contribution in [0.3, 0.4) is 0 Å². The van der Waals surface area contributed by atoms with Crippen molar-refractivity contribution in [1.29, 1.82) is 0 Å². The van der Waals surface area contributed by atoms with E-state index in [0.29, 0.717) is 12.1 Å². The van der Waals surface area contributed by atoms with E-state index in [1.807, 2.05) is 0 Å². The molecule has 2 rings (SSSR count). The smallest absolute Gasteiger partial charge is 0.322 e. The summed E-state index contributed by atoms with van der Waals surface area (Å²) < 4.78 is 0. The zero-order valence-corrected chi connectivity index (χ0v) is 16.0. The Labute approximate surface area is 165 Å². The minimum Gasteiger partial charge on any atom is -0.480 e. The normalized spacial score (nSPS) is 10.3. The Hall–Kier alpha value is -3.15. The van der Waals surface area contributed by atoms with Crippen LogP contribution in [-0.4, -0.2) is 29.4 Å². The highest BCUT2D eigenvalue weighted by atomic mass is 16.4. The number of rotatable bonds is 10. The number of hydrogen-bond acceptors (Lipinski definition) is 3. The lowest BCUT2D eigenvalue weighted by Crippen LogP contribution is -2.30. The number of carboxylic acid groups (broad SMARTS) is 1. The van der Waals surface area contributed by atoms with E-state index in [2.05, 4.69) is 41.8 Å². The van der Waals surface area contributed by atoms with Crippen molar-refractivity contribution in [2.75, 3.05) is 11.9 Å². The average molecular weight is 382 g/mol. The van der Waals surface area contributed by atoms with E-state index in [0.717, 1.165) is 24.8 Å². The fourth-order valence-corrected chi connectivity index (χ4v) is 2.72. The van der Waals surface area contributed by atoms with Gasteiger partial charge in [-0.05, 0) is 49.4 Å². The van der Waals surface area contributed by atoms with Crippen molar-refractivity contribution in [1.82, 2.24) is 5.32 Å². The van der Waals surface area contributed by atoms with Crippen LogP contribution in [0.25, 0.3) is 0 Å². The SMILES string of the molecule is Cc1ccc(CCCCC(=O)Nc2ccc(CC(=O)NCC(=O)O)cc2)cc1. The van der Waals surface area contributed by atoms with Crippen LogP contribution in [0.2, 0.25) is 0 Å². The highest BCUT2D eigenvalue weighted by molar-refractivity contribution is 5.90. The van der Waals surface area contributed by atoms with Gasteiger partial charge in [0.05, 0.1) is 6.42 Å². The molecule has 0 atom stereocenters. The molecule has 6 heteroatoms. The maximum atomic E-state index is 12.0. The van der Waals surface area contributed by atoms with Crippen molar-refractivity contribution in [2.45, 2.75) is 39.0 Å². The second-order valence-corrected chi connectivity index (χ2v) is 6.79. The Morgan fingerprint density at radius 3 is 2.14 bits per heavy atom. The second kappa shape index (κ2) is 10.9. The number of carbonyl (C=O) groups excluding carboxylic acids is 2. The van der Waals surface area contributed by atoms with Crippen LogP contribution >= 0.6 is 0 Å². The number of benzene rings is 2. The fraction of sp³-hybridized carbons (Fsp3) is 0.318. The van der Waals surface area contributed by atoms with E-state index >= 15 is 0 Å². The summed E-state index contributed by atoms with van der Waals surface area (Å²) >= 11 is 0. The number of hydrogen-bond donors (Lipinski definition) is 3. The molecule has 0 saturated carbocycles. The molecule has 0 aliphatic rings. The van der Waals surface area contributed by atoms with E-state index in [9.17, 15) is 14.4 Å². The van der Waals surface area contributed by atoms with Gasteiger partial charge in [-0.1, -0.05) is 42.0 Å². The van der Waals surface area contributed by atoms with Crippen molar-refractivity contribution in [3.8, 4) is 0 Å². The zero-order chi connectivity index (χ0) is 20.4. The molecule has 3 N–H and O–H groups in total. The maximum Gasteiger partial charge on any atom is 0.322 e. The van der Waals surface area contributed by atoms with Gasteiger partial charge in [0.1, 0.15) is 6.54 Å². The summed E-state index contributed by atoms with van der Waals surface area (Å²) in [5, 5.41) is 13.7. The van der Waals surface area contributed by atoms with Gasteiger partial charge in [-0.15, -0.1) is 0 Å². The molecule has 0 aliphatic heterocycles. The van der Waals surface area contributed by atoms with Gasteiger partial charge < -0.3 is 15.7 Å². The summed E-state index contributed by atoms with van der Waals surface area (Å²) in [6, 6.07) is 15.4. The van der Waals surface area contributed by atoms with Crippen molar-refractivity contribution in [3.05, 3.63) is 65.2 Å². The van der Waals surface area contributed by atoms with Crippen LogP contribution in [0.15, 0.2) is 48.5 Å². The van der Waals surface area contributed by atoms with Crippen molar-refractivity contribution in [2.24, 2.45) is 0 Å². The topological polar surface area (TPSA) is 95.5 Å². The molecule has 0 spiro atoms. The Morgan fingerprint density at radius 1 is 0.857 bits per heavy atom. The molecule has 2 aromatic carbocycles. The maximum absolute atomic E-state index is 12.0. The van der Waals surface area contributed by atoms with Gasteiger partial charge in [-0.25, -0.2) is 0 Å². The monoisotopic (exact) mass is 382 g/mol. The zero-order valence-electron chi connectivity index (χ0n) is 16.0. The van der Waals surface area contributed by atoms with Crippen LogP contribution in [0.4, 0.5) is 5.69 Å². The van der Waals surface area contributed by atoms with Crippen LogP contribution in [0.1, 0.15) is 36.0 Å². The molecule has 6 nitrogen and oxygen atoms in total. The molecular weight excluding hydrogens is 356 g/mol. The van der Waals surface area contributed by atoms with Crippen LogP contribution in [-0.2, 0) is 27.2 Å². The van der Waals surface area contributed by atoms with Gasteiger partial charge >= 0.3 is 5.97 Å². The minimum absolute atomic E-state index is 0.0316. The first-order valence-electron chi connectivity index (χ1n) is 9.35. The molecule has 148 valence electrons. The number of carbonyl (C=O) groups is 3. The third-order valence-electron chi connectivity index (χ3n) is 4.28. The largest absolute Gasteiger partial charge is 0.480 e. The van der Waals surface area contributed by atoms with Crippen LogP contribution in [0.5, 0.6) is 0 Å². The summed E-state index contributed by atoms with van der Waals surface area (Å²) in [6.07, 6.45) is 3.31. The Kier molecular flexibility index (Phi) is 8.21. The third kappa shape index (κ3) is 8.03. The molecule has 0 unspecified atom stereocenters. The summed E-state index contributed by atoms with van der Waals surface area (Å²) in [5.74, 6) is -1.46. The summed E-state index contributed by atoms with van der Waals surface area (Å²) in [6.45, 7) is 1.67. The van der Waals surface area contributed by atoms with Gasteiger partial charge in [0.2, 0.25) is 11.8 Å². The van der Waals surface area contributed by atoms with Gasteiger partial charge in [0.25, 0.3) is 0 Å². The van der Waals surface area contributed by atoms with E-state index in [4.69, 9.17) is 5.11 Å². The lowest BCUT2D eigenvalue weighted by Gasteiger charge is -2.07. The quantitative estimate of drug-likeness (QED) is 0.550. The third-order valence-corrected chi connectivity index (χ3v) is 4.28. The standard InChI is InChI=1S/C22H26N2O4/c1-16-6-8-17(9-7-16)4-2-3-5-20(25)24-19-12-10-18(11-13-19)14-21(26)23-15-22(27)28/h6-13H,2-5,14-15H2,1H3,(H,23,26)(H,24,25)(H,27,28). The predicted octanol–water partition coefficient (Wildman–Crippen LogP) is 3.09. The molecular formula is C22H26N2O4. The number of aryl methyl sites for hydroxylation is 2. The minimum atomic E-state index is -1.08. The Morgan fingerprint density at radius 2 is 1.50 bits per heavy atom. The Balaban J connectivity index is 1.68. The molecule has 0 aromatic heterocycles. The van der Waals surface area contributed by atoms with Crippen molar-refractivity contribution >= 4 is 23.5 Å². The van der Waals surface area contributed by atoms with E-state index in [1.54, 1.807) is 24.3 Å². The number of anilines is 1. The molecule has 28 heavy (non-hydrogen) atoms. The number of amides is 2. The highest BCUT2D eigenvalue weighted by Gasteiger charge is 2.06. The molecule has 0 aliphatic carbocycles. The van der Waals surface area contributed by atoms with E-state index < -0.39 is 12.5 Å². The molecule has 0 fully saturated rings. The number of unbranched alkanes of at least 4 members (excludes halogenated alkanes) is 1. The van der Waals surface area contributed by atoms with Crippen LogP contribution < -0.4 is 10.6 Å². The first-order chi connectivity index (χ1) is 13.4. The lowest BCUT2D eigenvalue weighted by molar-refractivity contribution is -0.137. The second-order valence-electron chi connectivity index (χ2n) is 6.79. The molecule has 0 heterocycles. The van der Waals surface area contributed by atoms with Gasteiger partial charge in [0.15, 0.2) is 0 Å². The first-order valence-corrected chi connectivity index (χ1v) is 9.35. The van der Waals surface area contributed by atoms with Crippen molar-refractivity contribution in [3.63, 3.8) is 0 Å². The lowest BCUT2D eigenvalue weighted by atomic mass is 10.1. The van der Waals surface area contributed by atoms with Gasteiger partial charge in [-0.3, -0.25) is 14.4 Å². The number of nitrogens with one attached hydrogen (secondary N) is 2. The first kappa shape index (κ1) is 21.2. The number of aliphatic carboxylic acids is 1. The van der Waals surface area contributed by atoms with E-state index in [-0.39, 0.29) is 18.2 Å². The molecule has 0 radical (unpaired) electrons. The van der Waals surface area contributed by atoms with Gasteiger partial charge in [0, 0.05) is 12.1 Å². The molecule has 0 bridgehead atoms. The van der Waals surface area contributed by atoms with Gasteiger partial charge in [-0.2, -0.15) is 0 Å². The molecule has 0 saturated heterocycles. The summed E-state index contributed by atoms with van der Waals surface area (Å²) in [5.41, 5.74) is 3.96. The Bertz CT molecular complexity index is 798. The molecule has 2 aromatic rings.